The zero-order valence-corrected chi connectivity index (χ0v) is 24.2. The number of alkyl halides is 3. The number of carbonyl (C=O) groups excluding carboxylic acids is 1. The van der Waals surface area contributed by atoms with Crippen molar-refractivity contribution in [1.82, 2.24) is 19.7 Å². The van der Waals surface area contributed by atoms with Crippen LogP contribution < -0.4 is 20.5 Å². The molecule has 45 heavy (non-hydrogen) atoms. The van der Waals surface area contributed by atoms with E-state index in [0.29, 0.717) is 18.0 Å². The van der Waals surface area contributed by atoms with Gasteiger partial charge in [-0.05, 0) is 80.1 Å². The molecule has 0 aliphatic rings. The third-order valence-electron chi connectivity index (χ3n) is 6.79. The standard InChI is InChI=1S/C33H28F4N4O4/c1-32(2,30(42)38-20-22-8-4-3-5-9-22)45-26-18-16-25(17-19-26)44-21-29-39-41(24-14-12-23(13-15-24)33(35,36)37)31(43)40(29)28-11-7-6-10-27(28)34/h3-19H,20-21H2,1-2H3,(H,38,42). The molecule has 0 saturated heterocycles. The maximum Gasteiger partial charge on any atom is 0.416 e. The first-order valence-electron chi connectivity index (χ1n) is 13.8. The molecule has 4 aromatic carbocycles. The average molecular weight is 621 g/mol. The van der Waals surface area contributed by atoms with E-state index in [0.717, 1.165) is 39.1 Å². The fourth-order valence-corrected chi connectivity index (χ4v) is 4.42. The van der Waals surface area contributed by atoms with E-state index < -0.39 is 28.8 Å². The van der Waals surface area contributed by atoms with E-state index in [4.69, 9.17) is 9.47 Å². The van der Waals surface area contributed by atoms with E-state index >= 15 is 0 Å². The Hall–Kier alpha value is -5.39. The van der Waals surface area contributed by atoms with Gasteiger partial charge in [-0.15, -0.1) is 5.10 Å². The number of hydrogen-bond donors (Lipinski definition) is 1. The van der Waals surface area contributed by atoms with Crippen molar-refractivity contribution in [3.8, 4) is 22.9 Å². The van der Waals surface area contributed by atoms with Crippen LogP contribution in [-0.4, -0.2) is 25.9 Å². The Bertz CT molecular complexity index is 1830. The van der Waals surface area contributed by atoms with Gasteiger partial charge >= 0.3 is 11.9 Å². The van der Waals surface area contributed by atoms with E-state index in [1.54, 1.807) is 38.1 Å². The van der Waals surface area contributed by atoms with E-state index in [9.17, 15) is 27.2 Å². The van der Waals surface area contributed by atoms with Crippen molar-refractivity contribution in [3.63, 3.8) is 0 Å². The van der Waals surface area contributed by atoms with Crippen LogP contribution in [0.1, 0.15) is 30.8 Å². The second kappa shape index (κ2) is 12.7. The number of carbonyl (C=O) groups is 1. The second-order valence-corrected chi connectivity index (χ2v) is 10.5. The smallest absolute Gasteiger partial charge is 0.416 e. The topological polar surface area (TPSA) is 87.4 Å². The number of aromatic nitrogens is 3. The molecule has 5 aromatic rings. The highest BCUT2D eigenvalue weighted by atomic mass is 19.4. The van der Waals surface area contributed by atoms with Crippen LogP contribution in [0.25, 0.3) is 11.4 Å². The molecular weight excluding hydrogens is 592 g/mol. The minimum absolute atomic E-state index is 0.00143. The molecule has 5 rings (SSSR count). The third-order valence-corrected chi connectivity index (χ3v) is 6.79. The van der Waals surface area contributed by atoms with Crippen molar-refractivity contribution in [2.24, 2.45) is 0 Å². The van der Waals surface area contributed by atoms with Gasteiger partial charge in [0.25, 0.3) is 5.91 Å². The van der Waals surface area contributed by atoms with Crippen molar-refractivity contribution in [2.45, 2.75) is 38.8 Å². The summed E-state index contributed by atoms with van der Waals surface area (Å²) in [5.74, 6) is -0.255. The quantitative estimate of drug-likeness (QED) is 0.187. The maximum absolute atomic E-state index is 14.8. The number of para-hydroxylation sites is 1. The summed E-state index contributed by atoms with van der Waals surface area (Å²) >= 11 is 0. The van der Waals surface area contributed by atoms with Gasteiger partial charge in [0.05, 0.1) is 16.9 Å². The molecule has 0 spiro atoms. The number of amides is 1. The summed E-state index contributed by atoms with van der Waals surface area (Å²) in [5.41, 5.74) is -1.96. The van der Waals surface area contributed by atoms with Gasteiger partial charge < -0.3 is 14.8 Å². The fraction of sp³-hybridized carbons (Fsp3) is 0.182. The normalized spacial score (nSPS) is 11.7. The van der Waals surface area contributed by atoms with Crippen molar-refractivity contribution in [3.05, 3.63) is 136 Å². The SMILES string of the molecule is CC(C)(Oc1ccc(OCc2nn(-c3ccc(C(F)(F)F)cc3)c(=O)n2-c2ccccc2F)cc1)C(=O)NCc1ccccc1. The third kappa shape index (κ3) is 7.23. The highest BCUT2D eigenvalue weighted by Gasteiger charge is 2.31. The first-order chi connectivity index (χ1) is 21.4. The van der Waals surface area contributed by atoms with Gasteiger partial charge in [0.1, 0.15) is 23.9 Å². The molecule has 1 N–H and O–H groups in total. The van der Waals surface area contributed by atoms with E-state index in [1.807, 2.05) is 30.3 Å². The van der Waals surface area contributed by atoms with E-state index in [2.05, 4.69) is 10.4 Å². The molecule has 1 aromatic heterocycles. The molecule has 0 bridgehead atoms. The summed E-state index contributed by atoms with van der Waals surface area (Å²) in [6.07, 6.45) is -4.56. The molecule has 0 radical (unpaired) electrons. The Morgan fingerprint density at radius 1 is 0.844 bits per heavy atom. The van der Waals surface area contributed by atoms with Gasteiger partial charge in [0.2, 0.25) is 0 Å². The molecule has 0 atom stereocenters. The van der Waals surface area contributed by atoms with Crippen molar-refractivity contribution in [2.75, 3.05) is 0 Å². The number of nitrogens with zero attached hydrogens (tertiary/aromatic N) is 3. The van der Waals surface area contributed by atoms with Gasteiger partial charge in [-0.3, -0.25) is 4.79 Å². The first kappa shape index (κ1) is 31.0. The monoisotopic (exact) mass is 620 g/mol. The summed E-state index contributed by atoms with van der Waals surface area (Å²) < 4.78 is 67.6. The van der Waals surface area contributed by atoms with Crippen LogP contribution in [-0.2, 0) is 24.1 Å². The molecule has 12 heteroatoms. The number of benzene rings is 4. The Labute approximate surface area is 255 Å². The van der Waals surface area contributed by atoms with Crippen molar-refractivity contribution >= 4 is 5.91 Å². The molecule has 232 valence electrons. The molecule has 0 aliphatic heterocycles. The number of nitrogens with one attached hydrogen (secondary N) is 1. The minimum atomic E-state index is -4.56. The predicted octanol–water partition coefficient (Wildman–Crippen LogP) is 6.23. The molecule has 0 fully saturated rings. The van der Waals surface area contributed by atoms with Gasteiger partial charge in [-0.25, -0.2) is 13.8 Å². The van der Waals surface area contributed by atoms with E-state index in [1.165, 1.54) is 24.3 Å². The van der Waals surface area contributed by atoms with Crippen LogP contribution in [0.15, 0.2) is 108 Å². The molecule has 0 saturated carbocycles. The molecular formula is C33H28F4N4O4. The van der Waals surface area contributed by atoms with Crippen molar-refractivity contribution < 1.29 is 31.8 Å². The average Bonchev–Trinajstić information content (AvgIpc) is 3.35. The predicted molar refractivity (Wildman–Crippen MR) is 158 cm³/mol. The largest absolute Gasteiger partial charge is 0.486 e. The summed E-state index contributed by atoms with van der Waals surface area (Å²) in [5, 5.41) is 7.11. The summed E-state index contributed by atoms with van der Waals surface area (Å²) in [4.78, 5) is 26.1. The lowest BCUT2D eigenvalue weighted by molar-refractivity contribution is -0.137. The number of rotatable bonds is 10. The molecule has 8 nitrogen and oxygen atoms in total. The molecule has 0 aliphatic carbocycles. The van der Waals surface area contributed by atoms with Crippen LogP contribution >= 0.6 is 0 Å². The van der Waals surface area contributed by atoms with Crippen LogP contribution in [0.5, 0.6) is 11.5 Å². The molecule has 1 heterocycles. The Morgan fingerprint density at radius 2 is 1.47 bits per heavy atom. The van der Waals surface area contributed by atoms with Gasteiger partial charge in [0.15, 0.2) is 11.4 Å². The zero-order valence-electron chi connectivity index (χ0n) is 24.2. The Balaban J connectivity index is 1.32. The van der Waals surface area contributed by atoms with Crippen LogP contribution in [0.2, 0.25) is 0 Å². The minimum Gasteiger partial charge on any atom is -0.486 e. The van der Waals surface area contributed by atoms with Crippen LogP contribution in [0, 0.1) is 5.82 Å². The summed E-state index contributed by atoms with van der Waals surface area (Å²) in [7, 11) is 0. The highest BCUT2D eigenvalue weighted by molar-refractivity contribution is 5.84. The lowest BCUT2D eigenvalue weighted by Crippen LogP contribution is -2.46. The lowest BCUT2D eigenvalue weighted by atomic mass is 10.1. The Morgan fingerprint density at radius 3 is 2.11 bits per heavy atom. The van der Waals surface area contributed by atoms with Crippen LogP contribution in [0.3, 0.4) is 0 Å². The highest BCUT2D eigenvalue weighted by Crippen LogP contribution is 2.29. The van der Waals surface area contributed by atoms with Gasteiger partial charge in [-0.1, -0.05) is 42.5 Å². The van der Waals surface area contributed by atoms with Gasteiger partial charge in [-0.2, -0.15) is 17.9 Å². The van der Waals surface area contributed by atoms with Gasteiger partial charge in [0, 0.05) is 6.54 Å². The van der Waals surface area contributed by atoms with E-state index in [-0.39, 0.29) is 29.7 Å². The molecule has 1 amide bonds. The zero-order chi connectivity index (χ0) is 32.2. The molecule has 0 unspecified atom stereocenters. The fourth-order valence-electron chi connectivity index (χ4n) is 4.42. The van der Waals surface area contributed by atoms with Crippen LogP contribution in [0.4, 0.5) is 17.6 Å². The number of hydrogen-bond acceptors (Lipinski definition) is 5. The van der Waals surface area contributed by atoms with Crippen molar-refractivity contribution in [1.29, 1.82) is 0 Å². The summed E-state index contributed by atoms with van der Waals surface area (Å²) in [6.45, 7) is 3.36. The summed E-state index contributed by atoms with van der Waals surface area (Å²) in [6, 6.07) is 25.3. The maximum atomic E-state index is 14.8. The second-order valence-electron chi connectivity index (χ2n) is 10.5. The first-order valence-corrected chi connectivity index (χ1v) is 13.8. The number of halogens is 4. The lowest BCUT2D eigenvalue weighted by Gasteiger charge is -2.25. The number of ether oxygens (including phenoxy) is 2. The Kier molecular flexibility index (Phi) is 8.75.